The number of carbonyl (C=O) groups is 1. The minimum Gasteiger partial charge on any atom is -0.497 e. The highest BCUT2D eigenvalue weighted by atomic mass is 16.5. The van der Waals surface area contributed by atoms with E-state index in [1.54, 1.807) is 39.2 Å². The lowest BCUT2D eigenvalue weighted by Crippen LogP contribution is -2.05. The third kappa shape index (κ3) is 2.11. The van der Waals surface area contributed by atoms with E-state index in [0.717, 1.165) is 5.39 Å². The quantitative estimate of drug-likeness (QED) is 0.766. The van der Waals surface area contributed by atoms with E-state index < -0.39 is 0 Å². The number of hydrogen-bond donors (Lipinski definition) is 0. The zero-order chi connectivity index (χ0) is 12.4. The van der Waals surface area contributed by atoms with E-state index in [2.05, 4.69) is 0 Å². The topological polar surface area (TPSA) is 48.7 Å². The smallest absolute Gasteiger partial charge is 0.311 e. The lowest BCUT2D eigenvalue weighted by Gasteiger charge is -2.02. The Labute approximate surface area is 99.1 Å². The van der Waals surface area contributed by atoms with Crippen LogP contribution in [0.3, 0.4) is 0 Å². The SMILES string of the molecule is CCC(=O)Oc1c(C)oc2ccc(OC)cc12. The molecule has 17 heavy (non-hydrogen) atoms. The van der Waals surface area contributed by atoms with Crippen molar-refractivity contribution in [3.63, 3.8) is 0 Å². The molecule has 90 valence electrons. The number of furan rings is 1. The fraction of sp³-hybridized carbons (Fsp3) is 0.308. The first-order valence-corrected chi connectivity index (χ1v) is 5.43. The van der Waals surface area contributed by atoms with Crippen LogP contribution in [0.4, 0.5) is 0 Å². The molecule has 4 nitrogen and oxygen atoms in total. The predicted molar refractivity (Wildman–Crippen MR) is 63.4 cm³/mol. The van der Waals surface area contributed by atoms with Gasteiger partial charge >= 0.3 is 5.97 Å². The summed E-state index contributed by atoms with van der Waals surface area (Å²) >= 11 is 0. The molecule has 0 aliphatic rings. The van der Waals surface area contributed by atoms with Gasteiger partial charge in [0.15, 0.2) is 5.75 Å². The molecule has 1 aromatic carbocycles. The molecule has 0 aliphatic heterocycles. The summed E-state index contributed by atoms with van der Waals surface area (Å²) in [6.45, 7) is 3.52. The third-order valence-corrected chi connectivity index (χ3v) is 2.52. The molecule has 2 aromatic rings. The van der Waals surface area contributed by atoms with Crippen LogP contribution in [0.15, 0.2) is 22.6 Å². The van der Waals surface area contributed by atoms with Crippen molar-refractivity contribution in [2.24, 2.45) is 0 Å². The largest absolute Gasteiger partial charge is 0.497 e. The summed E-state index contributed by atoms with van der Waals surface area (Å²) in [6.07, 6.45) is 0.329. The van der Waals surface area contributed by atoms with E-state index in [1.807, 2.05) is 0 Å². The van der Waals surface area contributed by atoms with Gasteiger partial charge in [-0.15, -0.1) is 0 Å². The van der Waals surface area contributed by atoms with E-state index in [1.165, 1.54) is 0 Å². The van der Waals surface area contributed by atoms with Gasteiger partial charge in [0.2, 0.25) is 0 Å². The van der Waals surface area contributed by atoms with Gasteiger partial charge in [-0.1, -0.05) is 6.92 Å². The molecule has 1 heterocycles. The molecule has 0 N–H and O–H groups in total. The van der Waals surface area contributed by atoms with Crippen LogP contribution in [0, 0.1) is 6.92 Å². The van der Waals surface area contributed by atoms with E-state index in [9.17, 15) is 4.79 Å². The Morgan fingerprint density at radius 3 is 2.82 bits per heavy atom. The maximum atomic E-state index is 11.3. The molecule has 1 aromatic heterocycles. The lowest BCUT2D eigenvalue weighted by atomic mass is 10.2. The molecular formula is C13H14O4. The van der Waals surface area contributed by atoms with E-state index in [0.29, 0.717) is 29.3 Å². The molecule has 0 radical (unpaired) electrons. The van der Waals surface area contributed by atoms with Crippen LogP contribution >= 0.6 is 0 Å². The van der Waals surface area contributed by atoms with Gasteiger partial charge in [-0.25, -0.2) is 0 Å². The average molecular weight is 234 g/mol. The Kier molecular flexibility index (Phi) is 3.04. The lowest BCUT2D eigenvalue weighted by molar-refractivity contribution is -0.134. The van der Waals surface area contributed by atoms with Gasteiger partial charge in [0.1, 0.15) is 17.1 Å². The number of carbonyl (C=O) groups excluding carboxylic acids is 1. The molecule has 0 saturated heterocycles. The first-order chi connectivity index (χ1) is 8.15. The van der Waals surface area contributed by atoms with Gasteiger partial charge in [-0.3, -0.25) is 4.79 Å². The molecule has 0 spiro atoms. The molecule has 0 amide bonds. The van der Waals surface area contributed by atoms with Crippen LogP contribution in [0.1, 0.15) is 19.1 Å². The van der Waals surface area contributed by atoms with Crippen LogP contribution in [-0.2, 0) is 4.79 Å². The normalized spacial score (nSPS) is 10.5. The number of rotatable bonds is 3. The first kappa shape index (κ1) is 11.5. The number of ether oxygens (including phenoxy) is 2. The number of hydrogen-bond acceptors (Lipinski definition) is 4. The van der Waals surface area contributed by atoms with Crippen LogP contribution < -0.4 is 9.47 Å². The van der Waals surface area contributed by atoms with Crippen molar-refractivity contribution in [3.8, 4) is 11.5 Å². The third-order valence-electron chi connectivity index (χ3n) is 2.52. The van der Waals surface area contributed by atoms with Gasteiger partial charge in [-0.05, 0) is 25.1 Å². The van der Waals surface area contributed by atoms with Crippen LogP contribution in [0.25, 0.3) is 11.0 Å². The van der Waals surface area contributed by atoms with Crippen molar-refractivity contribution in [3.05, 3.63) is 24.0 Å². The summed E-state index contributed by atoms with van der Waals surface area (Å²) in [5.74, 6) is 1.49. The van der Waals surface area contributed by atoms with E-state index in [4.69, 9.17) is 13.9 Å². The monoisotopic (exact) mass is 234 g/mol. The number of aryl methyl sites for hydroxylation is 1. The molecule has 0 fully saturated rings. The zero-order valence-corrected chi connectivity index (χ0v) is 10.1. The van der Waals surface area contributed by atoms with E-state index >= 15 is 0 Å². The van der Waals surface area contributed by atoms with Crippen molar-refractivity contribution in [2.45, 2.75) is 20.3 Å². The average Bonchev–Trinajstić information content (AvgIpc) is 2.65. The Morgan fingerprint density at radius 1 is 1.41 bits per heavy atom. The summed E-state index contributed by atoms with van der Waals surface area (Å²) in [5, 5.41) is 0.753. The summed E-state index contributed by atoms with van der Waals surface area (Å²) in [5.41, 5.74) is 0.683. The summed E-state index contributed by atoms with van der Waals surface area (Å²) in [7, 11) is 1.59. The molecule has 0 aliphatic carbocycles. The molecule has 0 bridgehead atoms. The predicted octanol–water partition coefficient (Wildman–Crippen LogP) is 3.07. The van der Waals surface area contributed by atoms with Gasteiger partial charge in [0, 0.05) is 6.42 Å². The van der Waals surface area contributed by atoms with E-state index in [-0.39, 0.29) is 5.97 Å². The molecular weight excluding hydrogens is 220 g/mol. The van der Waals surface area contributed by atoms with Gasteiger partial charge in [0.05, 0.1) is 12.5 Å². The molecule has 4 heteroatoms. The number of benzene rings is 1. The number of methoxy groups -OCH3 is 1. The van der Waals surface area contributed by atoms with Crippen LogP contribution in [-0.4, -0.2) is 13.1 Å². The van der Waals surface area contributed by atoms with Gasteiger partial charge in [0.25, 0.3) is 0 Å². The number of esters is 1. The van der Waals surface area contributed by atoms with Gasteiger partial charge < -0.3 is 13.9 Å². The Balaban J connectivity index is 2.52. The second-order valence-corrected chi connectivity index (χ2v) is 3.68. The van der Waals surface area contributed by atoms with Crippen molar-refractivity contribution >= 4 is 16.9 Å². The summed E-state index contributed by atoms with van der Waals surface area (Å²) < 4.78 is 15.9. The summed E-state index contributed by atoms with van der Waals surface area (Å²) in [4.78, 5) is 11.3. The van der Waals surface area contributed by atoms with Crippen molar-refractivity contribution in [1.82, 2.24) is 0 Å². The maximum absolute atomic E-state index is 11.3. The molecule has 2 rings (SSSR count). The van der Waals surface area contributed by atoms with Gasteiger partial charge in [-0.2, -0.15) is 0 Å². The van der Waals surface area contributed by atoms with Crippen LogP contribution in [0.5, 0.6) is 11.5 Å². The zero-order valence-electron chi connectivity index (χ0n) is 10.1. The van der Waals surface area contributed by atoms with Crippen molar-refractivity contribution in [1.29, 1.82) is 0 Å². The Morgan fingerprint density at radius 2 is 2.18 bits per heavy atom. The first-order valence-electron chi connectivity index (χ1n) is 5.43. The maximum Gasteiger partial charge on any atom is 0.311 e. The minimum absolute atomic E-state index is 0.279. The molecule has 0 atom stereocenters. The fourth-order valence-corrected chi connectivity index (χ4v) is 1.62. The highest BCUT2D eigenvalue weighted by molar-refractivity contribution is 5.89. The second-order valence-electron chi connectivity index (χ2n) is 3.68. The Bertz CT molecular complexity index is 554. The standard InChI is InChI=1S/C13H14O4/c1-4-12(14)17-13-8(2)16-11-6-5-9(15-3)7-10(11)13/h5-7H,4H2,1-3H3. The summed E-state index contributed by atoms with van der Waals surface area (Å²) in [6, 6.07) is 5.39. The Hall–Kier alpha value is -1.97. The molecule has 0 saturated carbocycles. The highest BCUT2D eigenvalue weighted by Crippen LogP contribution is 2.35. The number of fused-ring (bicyclic) bond motifs is 1. The highest BCUT2D eigenvalue weighted by Gasteiger charge is 2.15. The fourth-order valence-electron chi connectivity index (χ4n) is 1.62. The second kappa shape index (κ2) is 4.49. The van der Waals surface area contributed by atoms with Crippen LogP contribution in [0.2, 0.25) is 0 Å². The van der Waals surface area contributed by atoms with Crippen molar-refractivity contribution < 1.29 is 18.7 Å². The minimum atomic E-state index is -0.279. The van der Waals surface area contributed by atoms with Crippen molar-refractivity contribution in [2.75, 3.05) is 7.11 Å². The molecule has 0 unspecified atom stereocenters.